The van der Waals surface area contributed by atoms with E-state index < -0.39 is 11.5 Å². The number of hydrogen-bond acceptors (Lipinski definition) is 2. The number of esters is 1. The summed E-state index contributed by atoms with van der Waals surface area (Å²) in [5, 5.41) is 7.14. The van der Waals surface area contributed by atoms with Crippen molar-refractivity contribution in [3.63, 3.8) is 0 Å². The van der Waals surface area contributed by atoms with Crippen LogP contribution in [0.4, 0.5) is 0 Å². The van der Waals surface area contributed by atoms with Gasteiger partial charge < -0.3 is 4.74 Å². The van der Waals surface area contributed by atoms with Crippen LogP contribution in [0, 0.1) is 17.8 Å². The molecule has 0 spiro atoms. The van der Waals surface area contributed by atoms with E-state index in [-0.39, 0.29) is 5.97 Å². The molecule has 0 heterocycles. The van der Waals surface area contributed by atoms with Gasteiger partial charge in [-0.05, 0) is 65.2 Å². The van der Waals surface area contributed by atoms with Gasteiger partial charge in [0.15, 0.2) is 6.10 Å². The summed E-state index contributed by atoms with van der Waals surface area (Å²) in [6, 6.07) is 18.9. The molecule has 0 saturated heterocycles. The average molecular weight is 340 g/mol. The molecule has 0 fully saturated rings. The third-order valence-corrected chi connectivity index (χ3v) is 4.78. The molecule has 4 rings (SSSR count). The Bertz CT molecular complexity index is 1110. The minimum atomic E-state index is -0.691. The number of carbonyl (C=O) groups is 1. The molecule has 4 aromatic rings. The topological polar surface area (TPSA) is 26.3 Å². The lowest BCUT2D eigenvalue weighted by Crippen LogP contribution is -2.24. The highest BCUT2D eigenvalue weighted by molar-refractivity contribution is 6.23. The Hall–Kier alpha value is -3.05. The summed E-state index contributed by atoms with van der Waals surface area (Å²) < 4.78 is 5.60. The van der Waals surface area contributed by atoms with Crippen LogP contribution in [0.2, 0.25) is 0 Å². The summed E-state index contributed by atoms with van der Waals surface area (Å²) in [6.07, 6.45) is 5.00. The maximum Gasteiger partial charge on any atom is 0.312 e. The Kier molecular flexibility index (Phi) is 3.63. The molecule has 0 radical (unpaired) electrons. The van der Waals surface area contributed by atoms with Crippen molar-refractivity contribution >= 4 is 38.3 Å². The van der Waals surface area contributed by atoms with Crippen LogP contribution >= 0.6 is 0 Å². The Morgan fingerprint density at radius 3 is 1.92 bits per heavy atom. The van der Waals surface area contributed by atoms with E-state index in [1.807, 2.05) is 32.9 Å². The molecule has 128 valence electrons. The van der Waals surface area contributed by atoms with Crippen molar-refractivity contribution in [2.45, 2.75) is 26.9 Å². The molecule has 0 bridgehead atoms. The zero-order chi connectivity index (χ0) is 18.5. The predicted octanol–water partition coefficient (Wildman–Crippen LogP) is 5.85. The second kappa shape index (κ2) is 5.75. The molecule has 0 aliphatic rings. The molecule has 0 aromatic heterocycles. The fourth-order valence-electron chi connectivity index (χ4n) is 3.41. The van der Waals surface area contributed by atoms with Crippen LogP contribution in [-0.2, 0) is 9.53 Å². The molecule has 26 heavy (non-hydrogen) atoms. The van der Waals surface area contributed by atoms with Crippen molar-refractivity contribution in [2.75, 3.05) is 0 Å². The summed E-state index contributed by atoms with van der Waals surface area (Å²) in [5.74, 6) is 2.32. The van der Waals surface area contributed by atoms with Crippen molar-refractivity contribution in [2.24, 2.45) is 5.41 Å². The second-order valence-corrected chi connectivity index (χ2v) is 7.75. The minimum absolute atomic E-state index is 0.300. The largest absolute Gasteiger partial charge is 0.444 e. The zero-order valence-electron chi connectivity index (χ0n) is 15.2. The number of benzene rings is 4. The number of hydrogen-bond donors (Lipinski definition) is 0. The highest BCUT2D eigenvalue weighted by atomic mass is 16.5. The SMILES string of the molecule is C#CC(OC(=O)C(C)(C)C)c1cc2ccc3cccc4ccc(c1)c2c34. The highest BCUT2D eigenvalue weighted by Crippen LogP contribution is 2.36. The van der Waals surface area contributed by atoms with Gasteiger partial charge in [0.05, 0.1) is 5.41 Å². The van der Waals surface area contributed by atoms with Gasteiger partial charge in [-0.2, -0.15) is 0 Å². The minimum Gasteiger partial charge on any atom is -0.444 e. The molecule has 1 atom stereocenters. The van der Waals surface area contributed by atoms with Crippen LogP contribution in [0.15, 0.2) is 54.6 Å². The Morgan fingerprint density at radius 1 is 0.923 bits per heavy atom. The third kappa shape index (κ3) is 2.57. The maximum atomic E-state index is 12.3. The standard InChI is InChI=1S/C24H20O2/c1-5-20(26-23(25)24(2,3)4)19-13-17-11-9-15-7-6-8-16-10-12-18(14-19)22(17)21(15)16/h1,6-14,20H,2-4H3. The second-order valence-electron chi connectivity index (χ2n) is 7.75. The predicted molar refractivity (Wildman–Crippen MR) is 107 cm³/mol. The van der Waals surface area contributed by atoms with E-state index in [9.17, 15) is 4.79 Å². The molecule has 2 nitrogen and oxygen atoms in total. The van der Waals surface area contributed by atoms with E-state index in [1.54, 1.807) is 0 Å². The van der Waals surface area contributed by atoms with Crippen LogP contribution in [-0.4, -0.2) is 5.97 Å². The Balaban J connectivity index is 1.89. The van der Waals surface area contributed by atoms with Crippen LogP contribution in [0.1, 0.15) is 32.4 Å². The summed E-state index contributed by atoms with van der Waals surface area (Å²) in [6.45, 7) is 5.47. The van der Waals surface area contributed by atoms with Gasteiger partial charge in [0, 0.05) is 5.56 Å². The van der Waals surface area contributed by atoms with E-state index in [0.29, 0.717) is 0 Å². The van der Waals surface area contributed by atoms with Gasteiger partial charge in [0.2, 0.25) is 0 Å². The Labute approximate surface area is 153 Å². The number of rotatable bonds is 2. The van der Waals surface area contributed by atoms with Gasteiger partial charge in [0.1, 0.15) is 0 Å². The third-order valence-electron chi connectivity index (χ3n) is 4.78. The first-order valence-corrected chi connectivity index (χ1v) is 8.73. The molecule has 4 aromatic carbocycles. The maximum absolute atomic E-state index is 12.3. The van der Waals surface area contributed by atoms with Gasteiger partial charge in [-0.15, -0.1) is 6.42 Å². The van der Waals surface area contributed by atoms with Crippen molar-refractivity contribution < 1.29 is 9.53 Å². The number of ether oxygens (including phenoxy) is 1. The molecule has 2 heteroatoms. The van der Waals surface area contributed by atoms with Crippen molar-refractivity contribution in [3.05, 3.63) is 60.2 Å². The number of carbonyl (C=O) groups excluding carboxylic acids is 1. The molecule has 1 unspecified atom stereocenters. The first-order valence-electron chi connectivity index (χ1n) is 8.73. The van der Waals surface area contributed by atoms with Crippen molar-refractivity contribution in [1.29, 1.82) is 0 Å². The fraction of sp³-hybridized carbons (Fsp3) is 0.208. The Morgan fingerprint density at radius 2 is 1.42 bits per heavy atom. The summed E-state index contributed by atoms with van der Waals surface area (Å²) >= 11 is 0. The molecular weight excluding hydrogens is 320 g/mol. The number of terminal acetylenes is 1. The fourth-order valence-corrected chi connectivity index (χ4v) is 3.41. The smallest absolute Gasteiger partial charge is 0.312 e. The van der Waals surface area contributed by atoms with Gasteiger partial charge in [0.25, 0.3) is 0 Å². The lowest BCUT2D eigenvalue weighted by atomic mass is 9.92. The van der Waals surface area contributed by atoms with Crippen LogP contribution in [0.5, 0.6) is 0 Å². The van der Waals surface area contributed by atoms with Gasteiger partial charge in [-0.1, -0.05) is 48.4 Å². The van der Waals surface area contributed by atoms with Crippen molar-refractivity contribution in [1.82, 2.24) is 0 Å². The molecule has 0 saturated carbocycles. The van der Waals surface area contributed by atoms with E-state index in [4.69, 9.17) is 11.2 Å². The normalized spacial score (nSPS) is 13.2. The van der Waals surface area contributed by atoms with Gasteiger partial charge >= 0.3 is 5.97 Å². The summed E-state index contributed by atoms with van der Waals surface area (Å²) in [4.78, 5) is 12.3. The first-order chi connectivity index (χ1) is 12.4. The molecule has 0 amide bonds. The highest BCUT2D eigenvalue weighted by Gasteiger charge is 2.26. The van der Waals surface area contributed by atoms with E-state index in [1.165, 1.54) is 21.5 Å². The lowest BCUT2D eigenvalue weighted by molar-refractivity contribution is -0.156. The van der Waals surface area contributed by atoms with Gasteiger partial charge in [-0.25, -0.2) is 0 Å². The van der Waals surface area contributed by atoms with Crippen molar-refractivity contribution in [3.8, 4) is 12.3 Å². The molecular formula is C24H20O2. The first kappa shape index (κ1) is 16.4. The van der Waals surface area contributed by atoms with Gasteiger partial charge in [-0.3, -0.25) is 4.79 Å². The van der Waals surface area contributed by atoms with Crippen LogP contribution < -0.4 is 0 Å². The molecule has 0 aliphatic heterocycles. The molecule has 0 N–H and O–H groups in total. The quantitative estimate of drug-likeness (QED) is 0.260. The van der Waals surface area contributed by atoms with E-state index in [0.717, 1.165) is 16.3 Å². The zero-order valence-corrected chi connectivity index (χ0v) is 15.2. The monoisotopic (exact) mass is 340 g/mol. The summed E-state index contributed by atoms with van der Waals surface area (Å²) in [5.41, 5.74) is 0.238. The average Bonchev–Trinajstić information content (AvgIpc) is 2.62. The molecule has 0 aliphatic carbocycles. The van der Waals surface area contributed by atoms with Crippen LogP contribution in [0.25, 0.3) is 32.3 Å². The lowest BCUT2D eigenvalue weighted by Gasteiger charge is -2.21. The van der Waals surface area contributed by atoms with Crippen LogP contribution in [0.3, 0.4) is 0 Å². The van der Waals surface area contributed by atoms with E-state index >= 15 is 0 Å². The van der Waals surface area contributed by atoms with E-state index in [2.05, 4.69) is 48.4 Å². The summed E-state index contributed by atoms with van der Waals surface area (Å²) in [7, 11) is 0.